The van der Waals surface area contributed by atoms with Gasteiger partial charge in [-0.05, 0) is 29.9 Å². The number of hydrogen-bond donors (Lipinski definition) is 0. The Morgan fingerprint density at radius 3 is 2.62 bits per heavy atom. The molecular formula is C11H11ClO. The number of carbonyl (C=O) groups is 1. The third-order valence-electron chi connectivity index (χ3n) is 2.78. The van der Waals surface area contributed by atoms with Crippen LogP contribution < -0.4 is 0 Å². The van der Waals surface area contributed by atoms with Crippen LogP contribution in [0.15, 0.2) is 18.2 Å². The van der Waals surface area contributed by atoms with Crippen molar-refractivity contribution in [2.75, 3.05) is 0 Å². The Kier molecular flexibility index (Phi) is 1.92. The smallest absolute Gasteiger partial charge is 0.150 e. The number of halogens is 1. The van der Waals surface area contributed by atoms with E-state index < -0.39 is 0 Å². The molecule has 1 aromatic carbocycles. The summed E-state index contributed by atoms with van der Waals surface area (Å²) in [6.45, 7) is 2.20. The summed E-state index contributed by atoms with van der Waals surface area (Å²) in [5, 5.41) is 0.726. The van der Waals surface area contributed by atoms with E-state index >= 15 is 0 Å². The van der Waals surface area contributed by atoms with Gasteiger partial charge in [0.1, 0.15) is 6.29 Å². The Labute approximate surface area is 82.7 Å². The highest BCUT2D eigenvalue weighted by Gasteiger charge is 2.40. The second kappa shape index (κ2) is 2.85. The van der Waals surface area contributed by atoms with Gasteiger partial charge in [-0.3, -0.25) is 4.79 Å². The lowest BCUT2D eigenvalue weighted by Gasteiger charge is -2.10. The van der Waals surface area contributed by atoms with Crippen LogP contribution in [0.5, 0.6) is 0 Å². The zero-order valence-corrected chi connectivity index (χ0v) is 8.27. The van der Waals surface area contributed by atoms with E-state index in [1.807, 2.05) is 12.1 Å². The van der Waals surface area contributed by atoms with Crippen LogP contribution >= 0.6 is 11.6 Å². The number of carbonyl (C=O) groups excluding carboxylic acids is 1. The largest absolute Gasteiger partial charge is 0.298 e. The number of rotatable bonds is 2. The zero-order chi connectivity index (χ0) is 9.47. The van der Waals surface area contributed by atoms with Crippen molar-refractivity contribution in [1.82, 2.24) is 0 Å². The lowest BCUT2D eigenvalue weighted by Crippen LogP contribution is -2.00. The van der Waals surface area contributed by atoms with E-state index in [0.717, 1.165) is 11.3 Å². The number of benzene rings is 1. The average molecular weight is 195 g/mol. The molecule has 0 aliphatic heterocycles. The second-order valence-electron chi connectivity index (χ2n) is 3.92. The molecule has 0 aromatic heterocycles. The Morgan fingerprint density at radius 2 is 2.15 bits per heavy atom. The minimum Gasteiger partial charge on any atom is -0.298 e. The molecule has 0 saturated heterocycles. The standard InChI is InChI=1S/C11H11ClO/c1-11(4-5-11)9-3-2-8(7-13)6-10(9)12/h2-3,6-7H,4-5H2,1H3. The Morgan fingerprint density at radius 1 is 1.46 bits per heavy atom. The molecule has 0 N–H and O–H groups in total. The fourth-order valence-corrected chi connectivity index (χ4v) is 1.97. The van der Waals surface area contributed by atoms with Crippen LogP contribution in [-0.2, 0) is 5.41 Å². The molecule has 0 bridgehead atoms. The summed E-state index contributed by atoms with van der Waals surface area (Å²) >= 11 is 6.07. The van der Waals surface area contributed by atoms with Crippen molar-refractivity contribution < 1.29 is 4.79 Å². The van der Waals surface area contributed by atoms with E-state index in [1.54, 1.807) is 6.07 Å². The van der Waals surface area contributed by atoms with Crippen molar-refractivity contribution in [3.05, 3.63) is 34.3 Å². The number of aldehydes is 1. The van der Waals surface area contributed by atoms with Gasteiger partial charge in [0, 0.05) is 10.6 Å². The molecule has 1 nitrogen and oxygen atoms in total. The van der Waals surface area contributed by atoms with Crippen molar-refractivity contribution in [1.29, 1.82) is 0 Å². The van der Waals surface area contributed by atoms with Gasteiger partial charge in [-0.2, -0.15) is 0 Å². The molecule has 1 aromatic rings. The predicted octanol–water partition coefficient (Wildman–Crippen LogP) is 3.20. The lowest BCUT2D eigenvalue weighted by atomic mass is 9.97. The molecule has 0 radical (unpaired) electrons. The molecule has 2 rings (SSSR count). The van der Waals surface area contributed by atoms with Gasteiger partial charge < -0.3 is 0 Å². The molecule has 1 aliphatic carbocycles. The molecule has 1 fully saturated rings. The Balaban J connectivity index is 2.43. The normalized spacial score (nSPS) is 18.3. The van der Waals surface area contributed by atoms with Crippen molar-refractivity contribution in [3.8, 4) is 0 Å². The van der Waals surface area contributed by atoms with Crippen LogP contribution in [-0.4, -0.2) is 6.29 Å². The van der Waals surface area contributed by atoms with Gasteiger partial charge in [0.25, 0.3) is 0 Å². The zero-order valence-electron chi connectivity index (χ0n) is 7.51. The highest BCUT2D eigenvalue weighted by atomic mass is 35.5. The first-order valence-corrected chi connectivity index (χ1v) is 4.79. The minimum atomic E-state index is 0.276. The summed E-state index contributed by atoms with van der Waals surface area (Å²) in [5.41, 5.74) is 2.11. The van der Waals surface area contributed by atoms with E-state index in [4.69, 9.17) is 11.6 Å². The summed E-state index contributed by atoms with van der Waals surface area (Å²) in [4.78, 5) is 10.5. The van der Waals surface area contributed by atoms with Gasteiger partial charge in [-0.1, -0.05) is 30.7 Å². The third kappa shape index (κ3) is 1.49. The first-order chi connectivity index (χ1) is 6.15. The summed E-state index contributed by atoms with van der Waals surface area (Å²) in [6, 6.07) is 5.55. The van der Waals surface area contributed by atoms with Gasteiger partial charge in [0.15, 0.2) is 0 Å². The maximum atomic E-state index is 10.5. The lowest BCUT2D eigenvalue weighted by molar-refractivity contribution is 0.112. The first-order valence-electron chi connectivity index (χ1n) is 4.41. The molecule has 1 saturated carbocycles. The van der Waals surface area contributed by atoms with Crippen molar-refractivity contribution in [2.45, 2.75) is 25.2 Å². The minimum absolute atomic E-state index is 0.276. The van der Waals surface area contributed by atoms with E-state index in [1.165, 1.54) is 18.4 Å². The highest BCUT2D eigenvalue weighted by molar-refractivity contribution is 6.31. The third-order valence-corrected chi connectivity index (χ3v) is 3.09. The van der Waals surface area contributed by atoms with Crippen LogP contribution in [0.1, 0.15) is 35.7 Å². The van der Waals surface area contributed by atoms with Crippen molar-refractivity contribution >= 4 is 17.9 Å². The van der Waals surface area contributed by atoms with Crippen LogP contribution in [0.3, 0.4) is 0 Å². The van der Waals surface area contributed by atoms with Crippen LogP contribution in [0.2, 0.25) is 5.02 Å². The molecule has 68 valence electrons. The van der Waals surface area contributed by atoms with E-state index in [0.29, 0.717) is 5.56 Å². The molecule has 0 heterocycles. The van der Waals surface area contributed by atoms with E-state index in [9.17, 15) is 4.79 Å². The summed E-state index contributed by atoms with van der Waals surface area (Å²) in [5.74, 6) is 0. The quantitative estimate of drug-likeness (QED) is 0.661. The highest BCUT2D eigenvalue weighted by Crippen LogP contribution is 2.49. The molecule has 1 aliphatic rings. The maximum absolute atomic E-state index is 10.5. The fraction of sp³-hybridized carbons (Fsp3) is 0.364. The summed E-state index contributed by atoms with van der Waals surface area (Å²) in [7, 11) is 0. The average Bonchev–Trinajstić information content (AvgIpc) is 2.84. The summed E-state index contributed by atoms with van der Waals surface area (Å²) in [6.07, 6.45) is 3.23. The fourth-order valence-electron chi connectivity index (χ4n) is 1.55. The number of hydrogen-bond acceptors (Lipinski definition) is 1. The van der Waals surface area contributed by atoms with Crippen LogP contribution in [0.4, 0.5) is 0 Å². The Hall–Kier alpha value is -0.820. The Bertz CT molecular complexity index is 353. The maximum Gasteiger partial charge on any atom is 0.150 e. The van der Waals surface area contributed by atoms with Gasteiger partial charge in [-0.25, -0.2) is 0 Å². The van der Waals surface area contributed by atoms with Gasteiger partial charge >= 0.3 is 0 Å². The van der Waals surface area contributed by atoms with E-state index in [2.05, 4.69) is 6.92 Å². The molecule has 2 heteroatoms. The van der Waals surface area contributed by atoms with Gasteiger partial charge in [0.05, 0.1) is 0 Å². The predicted molar refractivity (Wildman–Crippen MR) is 53.4 cm³/mol. The molecule has 0 atom stereocenters. The van der Waals surface area contributed by atoms with E-state index in [-0.39, 0.29) is 5.41 Å². The monoisotopic (exact) mass is 194 g/mol. The molecule has 0 unspecified atom stereocenters. The van der Waals surface area contributed by atoms with Gasteiger partial charge in [-0.15, -0.1) is 0 Å². The summed E-state index contributed by atoms with van der Waals surface area (Å²) < 4.78 is 0. The molecule has 13 heavy (non-hydrogen) atoms. The van der Waals surface area contributed by atoms with Crippen LogP contribution in [0, 0.1) is 0 Å². The second-order valence-corrected chi connectivity index (χ2v) is 4.32. The molecular weight excluding hydrogens is 184 g/mol. The molecule has 0 amide bonds. The van der Waals surface area contributed by atoms with Crippen molar-refractivity contribution in [2.24, 2.45) is 0 Å². The van der Waals surface area contributed by atoms with Gasteiger partial charge in [0.2, 0.25) is 0 Å². The topological polar surface area (TPSA) is 17.1 Å². The van der Waals surface area contributed by atoms with Crippen LogP contribution in [0.25, 0.3) is 0 Å². The first kappa shape index (κ1) is 8.76. The molecule has 0 spiro atoms. The van der Waals surface area contributed by atoms with Crippen molar-refractivity contribution in [3.63, 3.8) is 0 Å². The SMILES string of the molecule is CC1(c2ccc(C=O)cc2Cl)CC1.